The van der Waals surface area contributed by atoms with E-state index in [-0.39, 0.29) is 0 Å². The van der Waals surface area contributed by atoms with Crippen molar-refractivity contribution in [1.29, 1.82) is 0 Å². The summed E-state index contributed by atoms with van der Waals surface area (Å²) in [5, 5.41) is 0. The molecule has 0 saturated heterocycles. The fourth-order valence-corrected chi connectivity index (χ4v) is 3.71. The molecule has 0 unspecified atom stereocenters. The van der Waals surface area contributed by atoms with Crippen LogP contribution >= 0.6 is 0 Å². The highest BCUT2D eigenvalue weighted by Gasteiger charge is 2.03. The summed E-state index contributed by atoms with van der Waals surface area (Å²) in [6, 6.07) is 41.6. The van der Waals surface area contributed by atoms with Crippen LogP contribution in [0.2, 0.25) is 0 Å². The van der Waals surface area contributed by atoms with Crippen LogP contribution < -0.4 is 0 Å². The van der Waals surface area contributed by atoms with E-state index in [0.29, 0.717) is 13.1 Å². The SMILES string of the molecule is C(C=C(c1ccccc1)c1ccccc1)=NCCN=CC=C(c1ccccc1)c1ccccc1. The Morgan fingerprint density at radius 1 is 0.412 bits per heavy atom. The monoisotopic (exact) mass is 440 g/mol. The molecule has 4 rings (SSSR count). The zero-order valence-corrected chi connectivity index (χ0v) is 19.2. The van der Waals surface area contributed by atoms with Gasteiger partial charge in [0.25, 0.3) is 0 Å². The van der Waals surface area contributed by atoms with Crippen LogP contribution in [0.15, 0.2) is 143 Å². The zero-order valence-electron chi connectivity index (χ0n) is 19.2. The number of allylic oxidation sites excluding steroid dienone is 2. The second-order valence-electron chi connectivity index (χ2n) is 7.74. The smallest absolute Gasteiger partial charge is 0.0585 e. The number of hydrogen-bond acceptors (Lipinski definition) is 2. The van der Waals surface area contributed by atoms with E-state index in [9.17, 15) is 0 Å². The van der Waals surface area contributed by atoms with Crippen molar-refractivity contribution in [3.63, 3.8) is 0 Å². The summed E-state index contributed by atoms with van der Waals surface area (Å²) in [7, 11) is 0. The van der Waals surface area contributed by atoms with Gasteiger partial charge in [0.05, 0.1) is 13.1 Å². The van der Waals surface area contributed by atoms with Crippen molar-refractivity contribution in [2.45, 2.75) is 0 Å². The maximum atomic E-state index is 4.56. The van der Waals surface area contributed by atoms with Crippen LogP contribution in [0, 0.1) is 0 Å². The Morgan fingerprint density at radius 3 is 0.941 bits per heavy atom. The van der Waals surface area contributed by atoms with Gasteiger partial charge in [-0.3, -0.25) is 9.98 Å². The predicted molar refractivity (Wildman–Crippen MR) is 147 cm³/mol. The highest BCUT2D eigenvalue weighted by molar-refractivity contribution is 5.92. The fraction of sp³-hybridized carbons (Fsp3) is 0.0625. The first-order valence-corrected chi connectivity index (χ1v) is 11.5. The minimum Gasteiger partial charge on any atom is -0.291 e. The van der Waals surface area contributed by atoms with Gasteiger partial charge in [-0.25, -0.2) is 0 Å². The van der Waals surface area contributed by atoms with Crippen LogP contribution in [-0.2, 0) is 0 Å². The Hall–Kier alpha value is -4.30. The molecule has 0 spiro atoms. The zero-order chi connectivity index (χ0) is 23.3. The van der Waals surface area contributed by atoms with E-state index >= 15 is 0 Å². The van der Waals surface area contributed by atoms with Crippen molar-refractivity contribution < 1.29 is 0 Å². The summed E-state index contributed by atoms with van der Waals surface area (Å²) in [6.45, 7) is 1.29. The summed E-state index contributed by atoms with van der Waals surface area (Å²) in [4.78, 5) is 9.12. The Bertz CT molecular complexity index is 1070. The molecule has 0 saturated carbocycles. The molecule has 2 nitrogen and oxygen atoms in total. The second kappa shape index (κ2) is 12.7. The van der Waals surface area contributed by atoms with Crippen molar-refractivity contribution in [3.8, 4) is 0 Å². The molecule has 0 aliphatic rings. The molecule has 0 aromatic heterocycles. The first-order chi connectivity index (χ1) is 16.9. The van der Waals surface area contributed by atoms with Gasteiger partial charge in [-0.2, -0.15) is 0 Å². The molecule has 0 aliphatic carbocycles. The van der Waals surface area contributed by atoms with Gasteiger partial charge in [-0.15, -0.1) is 0 Å². The molecule has 0 N–H and O–H groups in total. The Labute approximate surface area is 202 Å². The molecule has 4 aromatic rings. The number of hydrogen-bond donors (Lipinski definition) is 0. The molecule has 0 amide bonds. The average molecular weight is 441 g/mol. The Morgan fingerprint density at radius 2 is 0.676 bits per heavy atom. The summed E-state index contributed by atoms with van der Waals surface area (Å²) >= 11 is 0. The molecule has 0 fully saturated rings. The van der Waals surface area contributed by atoms with Gasteiger partial charge < -0.3 is 0 Å². The van der Waals surface area contributed by atoms with Crippen LogP contribution in [0.3, 0.4) is 0 Å². The van der Waals surface area contributed by atoms with E-state index in [4.69, 9.17) is 0 Å². The molecule has 4 aromatic carbocycles. The van der Waals surface area contributed by atoms with Crippen LogP contribution in [0.4, 0.5) is 0 Å². The van der Waals surface area contributed by atoms with Gasteiger partial charge in [-0.05, 0) is 45.6 Å². The molecule has 2 heteroatoms. The quantitative estimate of drug-likeness (QED) is 0.191. The van der Waals surface area contributed by atoms with Gasteiger partial charge in [-0.1, -0.05) is 121 Å². The van der Waals surface area contributed by atoms with Crippen molar-refractivity contribution in [3.05, 3.63) is 156 Å². The summed E-state index contributed by atoms with van der Waals surface area (Å²) in [5.41, 5.74) is 7.03. The molecule has 0 bridgehead atoms. The van der Waals surface area contributed by atoms with Crippen molar-refractivity contribution in [2.24, 2.45) is 9.98 Å². The molecular weight excluding hydrogens is 412 g/mol. The van der Waals surface area contributed by atoms with Crippen LogP contribution in [0.1, 0.15) is 22.3 Å². The number of rotatable bonds is 9. The third-order valence-corrected chi connectivity index (χ3v) is 5.39. The van der Waals surface area contributed by atoms with Crippen molar-refractivity contribution in [1.82, 2.24) is 0 Å². The lowest BCUT2D eigenvalue weighted by atomic mass is 9.98. The lowest BCUT2D eigenvalue weighted by Gasteiger charge is -2.07. The summed E-state index contributed by atoms with van der Waals surface area (Å²) in [6.07, 6.45) is 7.94. The fourth-order valence-electron chi connectivity index (χ4n) is 3.71. The predicted octanol–water partition coefficient (Wildman–Crippen LogP) is 7.39. The lowest BCUT2D eigenvalue weighted by molar-refractivity contribution is 0.986. The van der Waals surface area contributed by atoms with E-state index < -0.39 is 0 Å². The molecule has 0 heterocycles. The third kappa shape index (κ3) is 6.60. The molecule has 0 atom stereocenters. The third-order valence-electron chi connectivity index (χ3n) is 5.39. The van der Waals surface area contributed by atoms with E-state index in [1.165, 1.54) is 22.3 Å². The first-order valence-electron chi connectivity index (χ1n) is 11.5. The van der Waals surface area contributed by atoms with Crippen LogP contribution in [0.25, 0.3) is 11.1 Å². The van der Waals surface area contributed by atoms with Gasteiger partial charge in [0, 0.05) is 12.4 Å². The Kier molecular flexibility index (Phi) is 8.52. The number of benzene rings is 4. The average Bonchev–Trinajstić information content (AvgIpc) is 2.92. The molecule has 0 aliphatic heterocycles. The van der Waals surface area contributed by atoms with Crippen LogP contribution in [0.5, 0.6) is 0 Å². The van der Waals surface area contributed by atoms with Crippen molar-refractivity contribution >= 4 is 23.6 Å². The topological polar surface area (TPSA) is 24.7 Å². The van der Waals surface area contributed by atoms with E-state index in [2.05, 4.69) is 119 Å². The highest BCUT2D eigenvalue weighted by Crippen LogP contribution is 2.23. The summed E-state index contributed by atoms with van der Waals surface area (Å²) < 4.78 is 0. The maximum absolute atomic E-state index is 4.56. The summed E-state index contributed by atoms with van der Waals surface area (Å²) in [5.74, 6) is 0. The van der Waals surface area contributed by atoms with E-state index in [0.717, 1.165) is 11.1 Å². The minimum absolute atomic E-state index is 0.643. The highest BCUT2D eigenvalue weighted by atomic mass is 14.8. The maximum Gasteiger partial charge on any atom is 0.0585 e. The largest absolute Gasteiger partial charge is 0.291 e. The molecule has 0 radical (unpaired) electrons. The standard InChI is InChI=1S/C32H28N2/c1-5-13-27(14-6-1)31(28-15-7-2-8-16-28)21-23-33-25-26-34-24-22-32(29-17-9-3-10-18-29)30-19-11-4-12-20-30/h1-24H,25-26H2. The van der Waals surface area contributed by atoms with Gasteiger partial charge in [0.1, 0.15) is 0 Å². The van der Waals surface area contributed by atoms with E-state index in [1.54, 1.807) is 0 Å². The second-order valence-corrected chi connectivity index (χ2v) is 7.74. The lowest BCUT2D eigenvalue weighted by Crippen LogP contribution is -1.91. The molecule has 166 valence electrons. The molecular formula is C32H28N2. The van der Waals surface area contributed by atoms with Crippen LogP contribution in [-0.4, -0.2) is 25.5 Å². The first kappa shape index (κ1) is 22.9. The van der Waals surface area contributed by atoms with Gasteiger partial charge in [0.15, 0.2) is 0 Å². The Balaban J connectivity index is 1.41. The number of nitrogens with zero attached hydrogens (tertiary/aromatic N) is 2. The minimum atomic E-state index is 0.643. The van der Waals surface area contributed by atoms with Gasteiger partial charge in [0.2, 0.25) is 0 Å². The van der Waals surface area contributed by atoms with Gasteiger partial charge >= 0.3 is 0 Å². The van der Waals surface area contributed by atoms with Crippen molar-refractivity contribution in [2.75, 3.05) is 13.1 Å². The number of aliphatic imine (C=N–C) groups is 2. The normalized spacial score (nSPS) is 10.9. The molecule has 34 heavy (non-hydrogen) atoms. The van der Waals surface area contributed by atoms with E-state index in [1.807, 2.05) is 36.7 Å².